The summed E-state index contributed by atoms with van der Waals surface area (Å²) in [7, 11) is 0. The minimum Gasteiger partial charge on any atom is -0.466 e. The zero-order valence-electron chi connectivity index (χ0n) is 10.8. The molecule has 17 heavy (non-hydrogen) atoms. The van der Waals surface area contributed by atoms with Crippen molar-refractivity contribution in [3.8, 4) is 0 Å². The van der Waals surface area contributed by atoms with Crippen LogP contribution in [0, 0.1) is 6.92 Å². The summed E-state index contributed by atoms with van der Waals surface area (Å²) >= 11 is 0. The van der Waals surface area contributed by atoms with Crippen molar-refractivity contribution < 1.29 is 9.53 Å². The van der Waals surface area contributed by atoms with Crippen LogP contribution in [-0.4, -0.2) is 28.9 Å². The van der Waals surface area contributed by atoms with Crippen molar-refractivity contribution in [3.05, 3.63) is 17.5 Å². The molecule has 0 radical (unpaired) electrons. The SMILES string of the molecule is CCOC(=O)CCNCc1cc(C)nn1CC. The predicted molar refractivity (Wildman–Crippen MR) is 65.6 cm³/mol. The van der Waals surface area contributed by atoms with Crippen LogP contribution in [0.25, 0.3) is 0 Å². The van der Waals surface area contributed by atoms with E-state index in [9.17, 15) is 4.79 Å². The third-order valence-electron chi connectivity index (χ3n) is 2.40. The van der Waals surface area contributed by atoms with Gasteiger partial charge in [0.25, 0.3) is 0 Å². The highest BCUT2D eigenvalue weighted by atomic mass is 16.5. The molecule has 96 valence electrons. The predicted octanol–water partition coefficient (Wildman–Crippen LogP) is 1.25. The van der Waals surface area contributed by atoms with E-state index in [1.165, 1.54) is 0 Å². The molecule has 0 aliphatic heterocycles. The molecule has 0 spiro atoms. The lowest BCUT2D eigenvalue weighted by molar-refractivity contribution is -0.142. The summed E-state index contributed by atoms with van der Waals surface area (Å²) in [6.45, 7) is 8.53. The molecule has 1 aromatic heterocycles. The Morgan fingerprint density at radius 3 is 2.94 bits per heavy atom. The van der Waals surface area contributed by atoms with Gasteiger partial charge >= 0.3 is 5.97 Å². The molecule has 5 nitrogen and oxygen atoms in total. The van der Waals surface area contributed by atoms with Crippen molar-refractivity contribution in [3.63, 3.8) is 0 Å². The van der Waals surface area contributed by atoms with Crippen LogP contribution in [0.3, 0.4) is 0 Å². The summed E-state index contributed by atoms with van der Waals surface area (Å²) in [5.74, 6) is -0.153. The van der Waals surface area contributed by atoms with Gasteiger partial charge in [-0.15, -0.1) is 0 Å². The molecule has 1 rings (SSSR count). The summed E-state index contributed by atoms with van der Waals surface area (Å²) in [5.41, 5.74) is 2.17. The standard InChI is InChI=1S/C12H21N3O2/c1-4-15-11(8-10(3)14-15)9-13-7-6-12(16)17-5-2/h8,13H,4-7,9H2,1-3H3. The Morgan fingerprint density at radius 1 is 1.53 bits per heavy atom. The third-order valence-corrected chi connectivity index (χ3v) is 2.40. The number of nitrogens with one attached hydrogen (secondary N) is 1. The maximum atomic E-state index is 11.1. The van der Waals surface area contributed by atoms with E-state index in [1.54, 1.807) is 0 Å². The fourth-order valence-electron chi connectivity index (χ4n) is 1.66. The maximum absolute atomic E-state index is 11.1. The van der Waals surface area contributed by atoms with Gasteiger partial charge in [-0.25, -0.2) is 0 Å². The van der Waals surface area contributed by atoms with Crippen molar-refractivity contribution in [2.75, 3.05) is 13.2 Å². The van der Waals surface area contributed by atoms with Gasteiger partial charge in [0.05, 0.1) is 24.4 Å². The minimum absolute atomic E-state index is 0.153. The van der Waals surface area contributed by atoms with Crippen molar-refractivity contribution in [1.29, 1.82) is 0 Å². The number of aromatic nitrogens is 2. The van der Waals surface area contributed by atoms with Gasteiger partial charge < -0.3 is 10.1 Å². The highest BCUT2D eigenvalue weighted by Gasteiger charge is 2.04. The van der Waals surface area contributed by atoms with E-state index in [-0.39, 0.29) is 5.97 Å². The Hall–Kier alpha value is -1.36. The lowest BCUT2D eigenvalue weighted by Crippen LogP contribution is -2.20. The van der Waals surface area contributed by atoms with Gasteiger partial charge in [-0.05, 0) is 26.8 Å². The van der Waals surface area contributed by atoms with Crippen LogP contribution >= 0.6 is 0 Å². The van der Waals surface area contributed by atoms with E-state index in [0.717, 1.165) is 24.5 Å². The molecule has 0 saturated carbocycles. The molecule has 0 unspecified atom stereocenters. The molecule has 0 aromatic carbocycles. The average Bonchev–Trinajstić information content (AvgIpc) is 2.65. The molecular weight excluding hydrogens is 218 g/mol. The van der Waals surface area contributed by atoms with E-state index < -0.39 is 0 Å². The molecule has 0 aliphatic carbocycles. The average molecular weight is 239 g/mol. The molecule has 0 aliphatic rings. The van der Waals surface area contributed by atoms with Crippen LogP contribution in [0.2, 0.25) is 0 Å². The first-order valence-electron chi connectivity index (χ1n) is 6.07. The number of carbonyl (C=O) groups is 1. The van der Waals surface area contributed by atoms with Crippen LogP contribution in [0.15, 0.2) is 6.07 Å². The largest absolute Gasteiger partial charge is 0.466 e. The molecule has 0 fully saturated rings. The molecule has 0 saturated heterocycles. The zero-order valence-corrected chi connectivity index (χ0v) is 10.8. The molecule has 5 heteroatoms. The fraction of sp³-hybridized carbons (Fsp3) is 0.667. The van der Waals surface area contributed by atoms with E-state index in [0.29, 0.717) is 19.6 Å². The van der Waals surface area contributed by atoms with Crippen molar-refractivity contribution >= 4 is 5.97 Å². The smallest absolute Gasteiger partial charge is 0.307 e. The number of carbonyl (C=O) groups excluding carboxylic acids is 1. The van der Waals surface area contributed by atoms with Crippen LogP contribution < -0.4 is 5.32 Å². The molecule has 1 aromatic rings. The van der Waals surface area contributed by atoms with Gasteiger partial charge in [0.2, 0.25) is 0 Å². The number of esters is 1. The first-order valence-corrected chi connectivity index (χ1v) is 6.07. The Balaban J connectivity index is 2.28. The second-order valence-electron chi connectivity index (χ2n) is 3.82. The number of rotatable bonds is 7. The summed E-state index contributed by atoms with van der Waals surface area (Å²) < 4.78 is 6.81. The lowest BCUT2D eigenvalue weighted by Gasteiger charge is -2.06. The third kappa shape index (κ3) is 4.56. The summed E-state index contributed by atoms with van der Waals surface area (Å²) in [5, 5.41) is 7.57. The first-order chi connectivity index (χ1) is 8.17. The van der Waals surface area contributed by atoms with Crippen LogP contribution in [0.1, 0.15) is 31.7 Å². The van der Waals surface area contributed by atoms with Crippen molar-refractivity contribution in [2.45, 2.75) is 40.3 Å². The number of nitrogens with zero attached hydrogens (tertiary/aromatic N) is 2. The van der Waals surface area contributed by atoms with Crippen molar-refractivity contribution in [2.24, 2.45) is 0 Å². The first kappa shape index (κ1) is 13.7. The topological polar surface area (TPSA) is 56.1 Å². The normalized spacial score (nSPS) is 10.5. The summed E-state index contributed by atoms with van der Waals surface area (Å²) in [6, 6.07) is 2.06. The zero-order chi connectivity index (χ0) is 12.7. The second-order valence-corrected chi connectivity index (χ2v) is 3.82. The van der Waals surface area contributed by atoms with Gasteiger partial charge in [-0.2, -0.15) is 5.10 Å². The Labute approximate surface area is 102 Å². The van der Waals surface area contributed by atoms with Crippen LogP contribution in [-0.2, 0) is 22.6 Å². The molecule has 0 bridgehead atoms. The molecule has 1 N–H and O–H groups in total. The van der Waals surface area contributed by atoms with E-state index >= 15 is 0 Å². The Bertz CT molecular complexity index is 361. The highest BCUT2D eigenvalue weighted by molar-refractivity contribution is 5.69. The summed E-state index contributed by atoms with van der Waals surface area (Å²) in [6.07, 6.45) is 0.410. The van der Waals surface area contributed by atoms with Crippen LogP contribution in [0.5, 0.6) is 0 Å². The lowest BCUT2D eigenvalue weighted by atomic mass is 10.3. The van der Waals surface area contributed by atoms with Crippen molar-refractivity contribution in [1.82, 2.24) is 15.1 Å². The molecule has 0 atom stereocenters. The fourth-order valence-corrected chi connectivity index (χ4v) is 1.66. The van der Waals surface area contributed by atoms with E-state index in [1.807, 2.05) is 18.5 Å². The van der Waals surface area contributed by atoms with E-state index in [4.69, 9.17) is 4.74 Å². The van der Waals surface area contributed by atoms with Crippen LogP contribution in [0.4, 0.5) is 0 Å². The van der Waals surface area contributed by atoms with Gasteiger partial charge in [0, 0.05) is 19.6 Å². The minimum atomic E-state index is -0.153. The molecule has 0 amide bonds. The Kier molecular flexibility index (Phi) is 5.69. The number of hydrogen-bond acceptors (Lipinski definition) is 4. The number of ether oxygens (including phenoxy) is 1. The number of hydrogen-bond donors (Lipinski definition) is 1. The molecule has 1 heterocycles. The van der Waals surface area contributed by atoms with Gasteiger partial charge in [0.1, 0.15) is 0 Å². The molecular formula is C12H21N3O2. The van der Waals surface area contributed by atoms with Gasteiger partial charge in [0.15, 0.2) is 0 Å². The number of aryl methyl sites for hydroxylation is 2. The van der Waals surface area contributed by atoms with Gasteiger partial charge in [-0.1, -0.05) is 0 Å². The van der Waals surface area contributed by atoms with Gasteiger partial charge in [-0.3, -0.25) is 9.48 Å². The monoisotopic (exact) mass is 239 g/mol. The summed E-state index contributed by atoms with van der Waals surface area (Å²) in [4.78, 5) is 11.1. The maximum Gasteiger partial charge on any atom is 0.307 e. The Morgan fingerprint density at radius 2 is 2.29 bits per heavy atom. The highest BCUT2D eigenvalue weighted by Crippen LogP contribution is 2.03. The van der Waals surface area contributed by atoms with E-state index in [2.05, 4.69) is 23.4 Å². The second kappa shape index (κ2) is 7.06. The quantitative estimate of drug-likeness (QED) is 0.575.